The molecule has 0 amide bonds. The molecule has 0 nitrogen and oxygen atoms in total. The van der Waals surface area contributed by atoms with Crippen molar-refractivity contribution in [2.45, 2.75) is 125 Å². The van der Waals surface area contributed by atoms with Crippen molar-refractivity contribution in [3.05, 3.63) is 0 Å². The zero-order valence-corrected chi connectivity index (χ0v) is 16.0. The van der Waals surface area contributed by atoms with Gasteiger partial charge in [-0.3, -0.25) is 0 Å². The van der Waals surface area contributed by atoms with Crippen molar-refractivity contribution >= 4 is 0 Å². The van der Waals surface area contributed by atoms with Gasteiger partial charge in [0, 0.05) is 0 Å². The molecule has 1 atom stereocenters. The summed E-state index contributed by atoms with van der Waals surface area (Å²) in [6.07, 6.45) is 20.2. The first kappa shape index (κ1) is 21.0. The monoisotopic (exact) mass is 296 g/mol. The fourth-order valence-electron chi connectivity index (χ4n) is 3.93. The van der Waals surface area contributed by atoms with E-state index in [1.807, 2.05) is 0 Å². The van der Waals surface area contributed by atoms with E-state index >= 15 is 0 Å². The molecule has 0 fully saturated rings. The largest absolute Gasteiger partial charge is 0.0654 e. The highest BCUT2D eigenvalue weighted by Crippen LogP contribution is 2.41. The second-order valence-corrected chi connectivity index (χ2v) is 7.55. The van der Waals surface area contributed by atoms with Gasteiger partial charge >= 0.3 is 0 Å². The molecular formula is C21H44. The van der Waals surface area contributed by atoms with Crippen LogP contribution in [0.2, 0.25) is 0 Å². The summed E-state index contributed by atoms with van der Waals surface area (Å²) in [5.41, 5.74) is 0.634. The maximum absolute atomic E-state index is 2.44. The van der Waals surface area contributed by atoms with Crippen molar-refractivity contribution in [2.75, 3.05) is 0 Å². The lowest BCUT2D eigenvalue weighted by Gasteiger charge is -2.37. The normalized spacial score (nSPS) is 14.6. The Balaban J connectivity index is 3.63. The third-order valence-corrected chi connectivity index (χ3v) is 5.70. The second-order valence-electron chi connectivity index (χ2n) is 7.55. The Kier molecular flexibility index (Phi) is 13.6. The molecule has 0 heterocycles. The zero-order valence-electron chi connectivity index (χ0n) is 16.0. The van der Waals surface area contributed by atoms with E-state index in [9.17, 15) is 0 Å². The fourth-order valence-corrected chi connectivity index (χ4v) is 3.93. The lowest BCUT2D eigenvalue weighted by atomic mass is 9.68. The van der Waals surface area contributed by atoms with Crippen LogP contribution in [0.1, 0.15) is 125 Å². The molecule has 1 unspecified atom stereocenters. The van der Waals surface area contributed by atoms with E-state index in [1.165, 1.54) is 89.9 Å². The molecule has 0 aliphatic rings. The predicted octanol–water partition coefficient (Wildman–Crippen LogP) is 8.15. The molecule has 0 aromatic carbocycles. The van der Waals surface area contributed by atoms with E-state index in [1.54, 1.807) is 0 Å². The van der Waals surface area contributed by atoms with Crippen LogP contribution in [0, 0.1) is 11.3 Å². The number of hydrogen-bond donors (Lipinski definition) is 0. The quantitative estimate of drug-likeness (QED) is 0.267. The van der Waals surface area contributed by atoms with Gasteiger partial charge in [0.15, 0.2) is 0 Å². The van der Waals surface area contributed by atoms with Crippen LogP contribution in [0.5, 0.6) is 0 Å². The number of hydrogen-bond acceptors (Lipinski definition) is 0. The maximum atomic E-state index is 2.44. The Morgan fingerprint density at radius 2 is 1.05 bits per heavy atom. The zero-order chi connectivity index (χ0) is 16.0. The molecule has 0 bridgehead atoms. The summed E-state index contributed by atoms with van der Waals surface area (Å²) in [5.74, 6) is 0.848. The van der Waals surface area contributed by atoms with Gasteiger partial charge in [0.05, 0.1) is 0 Å². The summed E-state index contributed by atoms with van der Waals surface area (Å²) in [6.45, 7) is 11.9. The van der Waals surface area contributed by atoms with E-state index < -0.39 is 0 Å². The van der Waals surface area contributed by atoms with Crippen LogP contribution in [-0.4, -0.2) is 0 Å². The van der Waals surface area contributed by atoms with Crippen LogP contribution < -0.4 is 0 Å². The minimum atomic E-state index is 0.634. The number of rotatable bonds is 15. The summed E-state index contributed by atoms with van der Waals surface area (Å²) < 4.78 is 0. The van der Waals surface area contributed by atoms with Gasteiger partial charge in [0.2, 0.25) is 0 Å². The van der Waals surface area contributed by atoms with Crippen molar-refractivity contribution in [3.63, 3.8) is 0 Å². The molecule has 0 saturated carbocycles. The third kappa shape index (κ3) is 9.59. The highest BCUT2D eigenvalue weighted by molar-refractivity contribution is 4.80. The van der Waals surface area contributed by atoms with Gasteiger partial charge in [0.25, 0.3) is 0 Å². The van der Waals surface area contributed by atoms with Gasteiger partial charge in [-0.25, -0.2) is 0 Å². The van der Waals surface area contributed by atoms with Gasteiger partial charge in [0.1, 0.15) is 0 Å². The highest BCUT2D eigenvalue weighted by Gasteiger charge is 2.29. The van der Waals surface area contributed by atoms with E-state index in [2.05, 4.69) is 34.6 Å². The minimum absolute atomic E-state index is 0.634. The van der Waals surface area contributed by atoms with Crippen molar-refractivity contribution < 1.29 is 0 Å². The molecular weight excluding hydrogens is 252 g/mol. The Morgan fingerprint density at radius 3 is 1.43 bits per heavy atom. The van der Waals surface area contributed by atoms with Gasteiger partial charge in [-0.1, -0.05) is 112 Å². The van der Waals surface area contributed by atoms with Crippen molar-refractivity contribution in [3.8, 4) is 0 Å². The summed E-state index contributed by atoms with van der Waals surface area (Å²) in [7, 11) is 0. The van der Waals surface area contributed by atoms with Crippen molar-refractivity contribution in [1.82, 2.24) is 0 Å². The Hall–Kier alpha value is 0. The molecule has 0 saturated heterocycles. The highest BCUT2D eigenvalue weighted by atomic mass is 14.3. The van der Waals surface area contributed by atoms with Gasteiger partial charge in [-0.05, 0) is 24.2 Å². The van der Waals surface area contributed by atoms with E-state index in [-0.39, 0.29) is 0 Å². The first-order valence-corrected chi connectivity index (χ1v) is 10.1. The number of unbranched alkanes of at least 4 members (excludes halogenated alkanes) is 9. The first-order valence-electron chi connectivity index (χ1n) is 10.1. The SMILES string of the molecule is CCCCCCCCCCCCC(CC)(CCC)C(C)C. The molecule has 0 aliphatic carbocycles. The molecule has 0 N–H and O–H groups in total. The molecule has 128 valence electrons. The van der Waals surface area contributed by atoms with E-state index in [0.717, 1.165) is 5.92 Å². The van der Waals surface area contributed by atoms with Gasteiger partial charge in [-0.15, -0.1) is 0 Å². The molecule has 0 radical (unpaired) electrons. The van der Waals surface area contributed by atoms with Gasteiger partial charge in [-0.2, -0.15) is 0 Å². The summed E-state index contributed by atoms with van der Waals surface area (Å²) in [4.78, 5) is 0. The van der Waals surface area contributed by atoms with Crippen LogP contribution >= 0.6 is 0 Å². The molecule has 0 aliphatic heterocycles. The average molecular weight is 297 g/mol. The Bertz CT molecular complexity index is 206. The van der Waals surface area contributed by atoms with Crippen molar-refractivity contribution in [2.24, 2.45) is 11.3 Å². The summed E-state index contributed by atoms with van der Waals surface area (Å²) >= 11 is 0. The van der Waals surface area contributed by atoms with Crippen LogP contribution in [-0.2, 0) is 0 Å². The Morgan fingerprint density at radius 1 is 0.571 bits per heavy atom. The van der Waals surface area contributed by atoms with Crippen LogP contribution in [0.15, 0.2) is 0 Å². The first-order chi connectivity index (χ1) is 10.1. The fraction of sp³-hybridized carbons (Fsp3) is 1.00. The standard InChI is InChI=1S/C21H44/c1-6-9-10-11-12-13-14-15-16-17-19-21(8-3,18-7-2)20(4)5/h20H,6-19H2,1-5H3. The minimum Gasteiger partial charge on any atom is -0.0654 e. The molecule has 0 spiro atoms. The summed E-state index contributed by atoms with van der Waals surface area (Å²) in [5, 5.41) is 0. The van der Waals surface area contributed by atoms with Crippen LogP contribution in [0.25, 0.3) is 0 Å². The third-order valence-electron chi connectivity index (χ3n) is 5.70. The van der Waals surface area contributed by atoms with E-state index in [0.29, 0.717) is 5.41 Å². The lowest BCUT2D eigenvalue weighted by molar-refractivity contribution is 0.139. The average Bonchev–Trinajstić information content (AvgIpc) is 2.47. The second kappa shape index (κ2) is 13.6. The van der Waals surface area contributed by atoms with Crippen molar-refractivity contribution in [1.29, 1.82) is 0 Å². The molecule has 21 heavy (non-hydrogen) atoms. The molecule has 0 aromatic rings. The molecule has 0 aromatic heterocycles. The topological polar surface area (TPSA) is 0 Å². The predicted molar refractivity (Wildman–Crippen MR) is 98.9 cm³/mol. The van der Waals surface area contributed by atoms with E-state index in [4.69, 9.17) is 0 Å². The molecule has 0 rings (SSSR count). The summed E-state index contributed by atoms with van der Waals surface area (Å²) in [6, 6.07) is 0. The lowest BCUT2D eigenvalue weighted by Crippen LogP contribution is -2.26. The van der Waals surface area contributed by atoms with Crippen LogP contribution in [0.3, 0.4) is 0 Å². The van der Waals surface area contributed by atoms with Crippen LogP contribution in [0.4, 0.5) is 0 Å². The Labute approximate surface area is 136 Å². The smallest absolute Gasteiger partial charge is 0.0277 e. The maximum Gasteiger partial charge on any atom is -0.0277 e. The van der Waals surface area contributed by atoms with Gasteiger partial charge < -0.3 is 0 Å². The molecule has 0 heteroatoms.